The Morgan fingerprint density at radius 1 is 1.29 bits per heavy atom. The number of carbonyl (C=O) groups excluding carboxylic acids is 1. The van der Waals surface area contributed by atoms with Gasteiger partial charge in [-0.1, -0.05) is 0 Å². The van der Waals surface area contributed by atoms with Crippen LogP contribution in [0.25, 0.3) is 10.9 Å². The molecule has 0 aliphatic carbocycles. The quantitative estimate of drug-likeness (QED) is 0.775. The first-order chi connectivity index (χ1) is 8.17. The van der Waals surface area contributed by atoms with E-state index in [4.69, 9.17) is 9.47 Å². The maximum Gasteiger partial charge on any atom is 0.187 e. The summed E-state index contributed by atoms with van der Waals surface area (Å²) >= 11 is 0. The standard InChI is InChI=1S/C12H11NO4/c1-16-9-4-3-7-5-8(12(14)15)6-13-10(7)11(9)17-2/h3-6H,1-2H3,(H,14,15)/p-1. The van der Waals surface area contributed by atoms with Crippen molar-refractivity contribution in [3.05, 3.63) is 30.0 Å². The maximum absolute atomic E-state index is 10.7. The van der Waals surface area contributed by atoms with Crippen LogP contribution in [0.15, 0.2) is 24.4 Å². The van der Waals surface area contributed by atoms with Crippen molar-refractivity contribution >= 4 is 16.9 Å². The van der Waals surface area contributed by atoms with Crippen LogP contribution in [0.1, 0.15) is 10.4 Å². The summed E-state index contributed by atoms with van der Waals surface area (Å²) in [6.45, 7) is 0. The predicted molar refractivity (Wildman–Crippen MR) is 59.2 cm³/mol. The molecule has 0 bridgehead atoms. The molecule has 5 heteroatoms. The van der Waals surface area contributed by atoms with Gasteiger partial charge in [-0.05, 0) is 18.2 Å². The number of rotatable bonds is 3. The Labute approximate surface area is 97.6 Å². The zero-order chi connectivity index (χ0) is 12.4. The first-order valence-corrected chi connectivity index (χ1v) is 4.89. The lowest BCUT2D eigenvalue weighted by Crippen LogP contribution is -2.22. The molecule has 0 radical (unpaired) electrons. The fourth-order valence-electron chi connectivity index (χ4n) is 1.63. The largest absolute Gasteiger partial charge is 0.545 e. The second kappa shape index (κ2) is 4.29. The van der Waals surface area contributed by atoms with Gasteiger partial charge in [-0.3, -0.25) is 4.98 Å². The summed E-state index contributed by atoms with van der Waals surface area (Å²) in [4.78, 5) is 14.8. The molecule has 1 heterocycles. The Bertz CT molecular complexity index is 580. The summed E-state index contributed by atoms with van der Waals surface area (Å²) in [6, 6.07) is 4.90. The number of nitrogens with zero attached hydrogens (tertiary/aromatic N) is 1. The number of pyridine rings is 1. The van der Waals surface area contributed by atoms with E-state index in [-0.39, 0.29) is 5.56 Å². The molecule has 5 nitrogen and oxygen atoms in total. The summed E-state index contributed by atoms with van der Waals surface area (Å²) < 4.78 is 10.3. The molecule has 0 spiro atoms. The lowest BCUT2D eigenvalue weighted by atomic mass is 10.1. The molecule has 0 fully saturated rings. The average Bonchev–Trinajstić information content (AvgIpc) is 2.36. The van der Waals surface area contributed by atoms with Gasteiger partial charge in [0.25, 0.3) is 0 Å². The van der Waals surface area contributed by atoms with Crippen LogP contribution in [-0.2, 0) is 0 Å². The zero-order valence-corrected chi connectivity index (χ0v) is 9.39. The number of methoxy groups -OCH3 is 2. The molecule has 2 aromatic rings. The molecule has 1 aromatic carbocycles. The molecule has 17 heavy (non-hydrogen) atoms. The first-order valence-electron chi connectivity index (χ1n) is 4.89. The fourth-order valence-corrected chi connectivity index (χ4v) is 1.63. The second-order valence-corrected chi connectivity index (χ2v) is 3.38. The van der Waals surface area contributed by atoms with Gasteiger partial charge >= 0.3 is 0 Å². The molecule has 2 rings (SSSR count). The summed E-state index contributed by atoms with van der Waals surface area (Å²) in [5.74, 6) is -0.224. The van der Waals surface area contributed by atoms with Crippen molar-refractivity contribution in [1.29, 1.82) is 0 Å². The molecule has 0 atom stereocenters. The zero-order valence-electron chi connectivity index (χ0n) is 9.39. The molecule has 0 unspecified atom stereocenters. The van der Waals surface area contributed by atoms with Gasteiger partial charge in [0.05, 0.1) is 20.2 Å². The maximum atomic E-state index is 10.7. The van der Waals surface area contributed by atoms with Crippen LogP contribution in [0.2, 0.25) is 0 Å². The molecular weight excluding hydrogens is 222 g/mol. The van der Waals surface area contributed by atoms with Crippen molar-refractivity contribution < 1.29 is 19.4 Å². The molecule has 1 aromatic heterocycles. The smallest absolute Gasteiger partial charge is 0.187 e. The molecular formula is C12H10NO4-. The van der Waals surface area contributed by atoms with E-state index in [1.54, 1.807) is 12.1 Å². The minimum absolute atomic E-state index is 0.0321. The van der Waals surface area contributed by atoms with Gasteiger partial charge in [0.1, 0.15) is 5.52 Å². The number of ether oxygens (including phenoxy) is 2. The van der Waals surface area contributed by atoms with Crippen molar-refractivity contribution in [3.8, 4) is 11.5 Å². The van der Waals surface area contributed by atoms with Crippen LogP contribution in [0.4, 0.5) is 0 Å². The normalized spacial score (nSPS) is 10.2. The molecule has 0 N–H and O–H groups in total. The number of aromatic carboxylic acids is 1. The number of aromatic nitrogens is 1. The van der Waals surface area contributed by atoms with Crippen molar-refractivity contribution in [3.63, 3.8) is 0 Å². The van der Waals surface area contributed by atoms with Crippen LogP contribution in [-0.4, -0.2) is 25.2 Å². The Kier molecular flexibility index (Phi) is 2.82. The Morgan fingerprint density at radius 2 is 2.06 bits per heavy atom. The number of benzene rings is 1. The summed E-state index contributed by atoms with van der Waals surface area (Å²) in [5, 5.41) is 11.4. The third kappa shape index (κ3) is 1.87. The van der Waals surface area contributed by atoms with E-state index in [0.29, 0.717) is 22.4 Å². The Balaban J connectivity index is 2.70. The van der Waals surface area contributed by atoms with Gasteiger partial charge in [0, 0.05) is 17.1 Å². The van der Waals surface area contributed by atoms with E-state index >= 15 is 0 Å². The van der Waals surface area contributed by atoms with Crippen molar-refractivity contribution in [1.82, 2.24) is 4.98 Å². The van der Waals surface area contributed by atoms with Crippen LogP contribution in [0, 0.1) is 0 Å². The van der Waals surface area contributed by atoms with E-state index in [9.17, 15) is 9.90 Å². The highest BCUT2D eigenvalue weighted by Gasteiger charge is 2.10. The fraction of sp³-hybridized carbons (Fsp3) is 0.167. The van der Waals surface area contributed by atoms with Gasteiger partial charge in [-0.2, -0.15) is 0 Å². The first kappa shape index (κ1) is 11.2. The number of hydrogen-bond acceptors (Lipinski definition) is 5. The third-order valence-electron chi connectivity index (χ3n) is 2.43. The second-order valence-electron chi connectivity index (χ2n) is 3.38. The molecule has 0 aliphatic rings. The van der Waals surface area contributed by atoms with Gasteiger partial charge in [-0.15, -0.1) is 0 Å². The minimum atomic E-state index is -1.26. The average molecular weight is 232 g/mol. The number of carboxylic acids is 1. The predicted octanol–water partition coefficient (Wildman–Crippen LogP) is 0.615. The van der Waals surface area contributed by atoms with E-state index in [1.807, 2.05) is 0 Å². The van der Waals surface area contributed by atoms with E-state index in [2.05, 4.69) is 4.98 Å². The van der Waals surface area contributed by atoms with Crippen molar-refractivity contribution in [2.45, 2.75) is 0 Å². The van der Waals surface area contributed by atoms with Gasteiger partial charge in [-0.25, -0.2) is 0 Å². The van der Waals surface area contributed by atoms with E-state index < -0.39 is 5.97 Å². The van der Waals surface area contributed by atoms with Crippen molar-refractivity contribution in [2.24, 2.45) is 0 Å². The topological polar surface area (TPSA) is 71.5 Å². The van der Waals surface area contributed by atoms with Gasteiger partial charge < -0.3 is 19.4 Å². The number of carboxylic acid groups (broad SMARTS) is 1. The minimum Gasteiger partial charge on any atom is -0.545 e. The Hall–Kier alpha value is -2.30. The van der Waals surface area contributed by atoms with E-state index in [0.717, 1.165) is 0 Å². The number of carbonyl (C=O) groups is 1. The number of fused-ring (bicyclic) bond motifs is 1. The Morgan fingerprint density at radius 3 is 2.65 bits per heavy atom. The molecule has 0 amide bonds. The van der Waals surface area contributed by atoms with Crippen LogP contribution < -0.4 is 14.6 Å². The summed E-state index contributed by atoms with van der Waals surface area (Å²) in [5.41, 5.74) is 0.585. The SMILES string of the molecule is COc1ccc2cc(C(=O)[O-])cnc2c1OC. The van der Waals surface area contributed by atoms with Crippen LogP contribution >= 0.6 is 0 Å². The highest BCUT2D eigenvalue weighted by molar-refractivity contribution is 5.94. The highest BCUT2D eigenvalue weighted by Crippen LogP contribution is 2.33. The van der Waals surface area contributed by atoms with Crippen LogP contribution in [0.3, 0.4) is 0 Å². The van der Waals surface area contributed by atoms with Gasteiger partial charge in [0.2, 0.25) is 0 Å². The molecule has 0 saturated carbocycles. The molecule has 0 aliphatic heterocycles. The van der Waals surface area contributed by atoms with Crippen LogP contribution in [0.5, 0.6) is 11.5 Å². The summed E-state index contributed by atoms with van der Waals surface area (Å²) in [7, 11) is 3.03. The van der Waals surface area contributed by atoms with Crippen molar-refractivity contribution in [2.75, 3.05) is 14.2 Å². The van der Waals surface area contributed by atoms with Gasteiger partial charge in [0.15, 0.2) is 11.5 Å². The lowest BCUT2D eigenvalue weighted by molar-refractivity contribution is -0.255. The van der Waals surface area contributed by atoms with E-state index in [1.165, 1.54) is 26.5 Å². The summed E-state index contributed by atoms with van der Waals surface area (Å²) in [6.07, 6.45) is 1.24. The third-order valence-corrected chi connectivity index (χ3v) is 2.43. The molecule has 88 valence electrons. The molecule has 0 saturated heterocycles. The lowest BCUT2D eigenvalue weighted by Gasteiger charge is -2.10. The monoisotopic (exact) mass is 232 g/mol. The number of hydrogen-bond donors (Lipinski definition) is 0. The highest BCUT2D eigenvalue weighted by atomic mass is 16.5.